The minimum Gasteiger partial charge on any atom is -0.354 e. The zero-order chi connectivity index (χ0) is 18.4. The molecule has 0 saturated carbocycles. The van der Waals surface area contributed by atoms with E-state index < -0.39 is 6.03 Å². The molecule has 134 valence electrons. The highest BCUT2D eigenvalue weighted by Gasteiger charge is 2.28. The molecule has 1 fully saturated rings. The number of hydrogen-bond acceptors (Lipinski definition) is 3. The van der Waals surface area contributed by atoms with E-state index in [4.69, 9.17) is 0 Å². The molecule has 0 spiro atoms. The van der Waals surface area contributed by atoms with Gasteiger partial charge in [-0.2, -0.15) is 0 Å². The number of hydrogen-bond donors (Lipinski definition) is 2. The van der Waals surface area contributed by atoms with E-state index in [2.05, 4.69) is 10.6 Å². The van der Waals surface area contributed by atoms with Crippen molar-refractivity contribution < 1.29 is 14.4 Å². The minimum atomic E-state index is -0.407. The molecule has 0 atom stereocenters. The Morgan fingerprint density at radius 1 is 1.00 bits per heavy atom. The van der Waals surface area contributed by atoms with Crippen molar-refractivity contribution in [3.8, 4) is 0 Å². The third kappa shape index (κ3) is 4.27. The average molecular weight is 351 g/mol. The molecule has 6 heteroatoms. The molecular formula is C20H21N3O3. The number of imide groups is 1. The molecule has 1 aliphatic heterocycles. The van der Waals surface area contributed by atoms with E-state index in [-0.39, 0.29) is 37.4 Å². The number of carbonyl (C=O) groups excluding carboxylic acids is 3. The molecule has 0 unspecified atom stereocenters. The van der Waals surface area contributed by atoms with Gasteiger partial charge in [0.1, 0.15) is 0 Å². The lowest BCUT2D eigenvalue weighted by Crippen LogP contribution is -2.39. The monoisotopic (exact) mass is 351 g/mol. The van der Waals surface area contributed by atoms with Gasteiger partial charge in [-0.3, -0.25) is 14.5 Å². The van der Waals surface area contributed by atoms with Gasteiger partial charge < -0.3 is 10.6 Å². The number of benzene rings is 2. The number of urea groups is 1. The van der Waals surface area contributed by atoms with Crippen molar-refractivity contribution in [2.24, 2.45) is 0 Å². The SMILES string of the molecule is O=C(CC(c1ccccc1)c1ccccc1)NCCN1C(=O)CNC1=O. The summed E-state index contributed by atoms with van der Waals surface area (Å²) < 4.78 is 0. The second kappa shape index (κ2) is 8.29. The zero-order valence-corrected chi connectivity index (χ0v) is 14.4. The van der Waals surface area contributed by atoms with Gasteiger partial charge in [0, 0.05) is 25.4 Å². The van der Waals surface area contributed by atoms with Gasteiger partial charge in [0.25, 0.3) is 0 Å². The van der Waals surface area contributed by atoms with Crippen LogP contribution < -0.4 is 10.6 Å². The van der Waals surface area contributed by atoms with Crippen LogP contribution in [-0.4, -0.2) is 42.4 Å². The Kier molecular flexibility index (Phi) is 5.63. The fourth-order valence-electron chi connectivity index (χ4n) is 3.05. The first-order valence-electron chi connectivity index (χ1n) is 8.60. The molecule has 0 aromatic heterocycles. The number of nitrogens with zero attached hydrogens (tertiary/aromatic N) is 1. The molecule has 1 aliphatic rings. The number of rotatable bonds is 7. The van der Waals surface area contributed by atoms with Crippen LogP contribution in [0.4, 0.5) is 4.79 Å². The van der Waals surface area contributed by atoms with Gasteiger partial charge in [-0.1, -0.05) is 60.7 Å². The van der Waals surface area contributed by atoms with Gasteiger partial charge in [0.15, 0.2) is 0 Å². The molecule has 1 heterocycles. The van der Waals surface area contributed by atoms with Crippen molar-refractivity contribution in [2.75, 3.05) is 19.6 Å². The van der Waals surface area contributed by atoms with Crippen molar-refractivity contribution >= 4 is 17.8 Å². The van der Waals surface area contributed by atoms with Crippen LogP contribution >= 0.6 is 0 Å². The summed E-state index contributed by atoms with van der Waals surface area (Å²) in [5.74, 6) is -0.431. The van der Waals surface area contributed by atoms with Gasteiger partial charge in [0.05, 0.1) is 6.54 Å². The van der Waals surface area contributed by atoms with Crippen LogP contribution in [0.3, 0.4) is 0 Å². The average Bonchev–Trinajstić information content (AvgIpc) is 2.99. The summed E-state index contributed by atoms with van der Waals surface area (Å²) in [7, 11) is 0. The molecule has 2 aromatic rings. The molecule has 26 heavy (non-hydrogen) atoms. The van der Waals surface area contributed by atoms with Gasteiger partial charge in [-0.25, -0.2) is 4.79 Å². The van der Waals surface area contributed by atoms with Crippen molar-refractivity contribution in [3.63, 3.8) is 0 Å². The molecule has 3 rings (SSSR count). The van der Waals surface area contributed by atoms with E-state index in [1.54, 1.807) is 0 Å². The van der Waals surface area contributed by atoms with Crippen molar-refractivity contribution in [1.82, 2.24) is 15.5 Å². The first-order chi connectivity index (χ1) is 12.6. The van der Waals surface area contributed by atoms with E-state index in [9.17, 15) is 14.4 Å². The van der Waals surface area contributed by atoms with Crippen LogP contribution in [0.15, 0.2) is 60.7 Å². The Morgan fingerprint density at radius 3 is 2.08 bits per heavy atom. The highest BCUT2D eigenvalue weighted by atomic mass is 16.2. The molecule has 0 aliphatic carbocycles. The molecule has 0 bridgehead atoms. The molecule has 4 amide bonds. The Balaban J connectivity index is 1.61. The topological polar surface area (TPSA) is 78.5 Å². The minimum absolute atomic E-state index is 0.0247. The van der Waals surface area contributed by atoms with E-state index in [0.29, 0.717) is 6.42 Å². The summed E-state index contributed by atoms with van der Waals surface area (Å²) in [5, 5.41) is 5.27. The Bertz CT molecular complexity index is 722. The predicted molar refractivity (Wildman–Crippen MR) is 97.5 cm³/mol. The highest BCUT2D eigenvalue weighted by molar-refractivity contribution is 6.01. The van der Waals surface area contributed by atoms with Crippen LogP contribution in [0.1, 0.15) is 23.5 Å². The first kappa shape index (κ1) is 17.7. The quantitative estimate of drug-likeness (QED) is 0.748. The Morgan fingerprint density at radius 2 is 1.58 bits per heavy atom. The normalized spacial score (nSPS) is 13.8. The summed E-state index contributed by atoms with van der Waals surface area (Å²) in [6, 6.07) is 19.4. The summed E-state index contributed by atoms with van der Waals surface area (Å²) in [6.07, 6.45) is 0.300. The number of nitrogens with one attached hydrogen (secondary N) is 2. The van der Waals surface area contributed by atoms with Crippen LogP contribution in [-0.2, 0) is 9.59 Å². The van der Waals surface area contributed by atoms with Crippen LogP contribution in [0.25, 0.3) is 0 Å². The van der Waals surface area contributed by atoms with Crippen LogP contribution in [0.5, 0.6) is 0 Å². The van der Waals surface area contributed by atoms with E-state index >= 15 is 0 Å². The molecule has 2 aromatic carbocycles. The summed E-state index contributed by atoms with van der Waals surface area (Å²) in [6.45, 7) is 0.447. The molecule has 1 saturated heterocycles. The summed E-state index contributed by atoms with van der Waals surface area (Å²) >= 11 is 0. The summed E-state index contributed by atoms with van der Waals surface area (Å²) in [4.78, 5) is 36.6. The van der Waals surface area contributed by atoms with Gasteiger partial charge in [-0.05, 0) is 11.1 Å². The molecule has 2 N–H and O–H groups in total. The lowest BCUT2D eigenvalue weighted by Gasteiger charge is -2.18. The standard InChI is InChI=1S/C20H21N3O3/c24-18(21-11-12-23-19(25)14-22-20(23)26)13-17(15-7-3-1-4-8-15)16-9-5-2-6-10-16/h1-10,17H,11-14H2,(H,21,24)(H,22,26). The van der Waals surface area contributed by atoms with E-state index in [0.717, 1.165) is 16.0 Å². The van der Waals surface area contributed by atoms with Crippen molar-refractivity contribution in [3.05, 3.63) is 71.8 Å². The molecular weight excluding hydrogens is 330 g/mol. The number of amides is 4. The predicted octanol–water partition coefficient (Wildman–Crippen LogP) is 1.88. The maximum Gasteiger partial charge on any atom is 0.324 e. The van der Waals surface area contributed by atoms with E-state index in [1.807, 2.05) is 60.7 Å². The third-order valence-electron chi connectivity index (χ3n) is 4.39. The smallest absolute Gasteiger partial charge is 0.324 e. The van der Waals surface area contributed by atoms with Crippen LogP contribution in [0.2, 0.25) is 0 Å². The van der Waals surface area contributed by atoms with Crippen molar-refractivity contribution in [2.45, 2.75) is 12.3 Å². The second-order valence-corrected chi connectivity index (χ2v) is 6.13. The molecule has 0 radical (unpaired) electrons. The first-order valence-corrected chi connectivity index (χ1v) is 8.60. The largest absolute Gasteiger partial charge is 0.354 e. The van der Waals surface area contributed by atoms with Gasteiger partial charge >= 0.3 is 6.03 Å². The van der Waals surface area contributed by atoms with Crippen molar-refractivity contribution in [1.29, 1.82) is 0 Å². The maximum atomic E-state index is 12.4. The fourth-order valence-corrected chi connectivity index (χ4v) is 3.05. The third-order valence-corrected chi connectivity index (χ3v) is 4.39. The Hall–Kier alpha value is -3.15. The van der Waals surface area contributed by atoms with Crippen LogP contribution in [0, 0.1) is 0 Å². The maximum absolute atomic E-state index is 12.4. The fraction of sp³-hybridized carbons (Fsp3) is 0.250. The van der Waals surface area contributed by atoms with Gasteiger partial charge in [0.2, 0.25) is 11.8 Å². The number of carbonyl (C=O) groups is 3. The molecule has 6 nitrogen and oxygen atoms in total. The zero-order valence-electron chi connectivity index (χ0n) is 14.4. The lowest BCUT2D eigenvalue weighted by molar-refractivity contribution is -0.126. The lowest BCUT2D eigenvalue weighted by atomic mass is 9.88. The van der Waals surface area contributed by atoms with E-state index in [1.165, 1.54) is 0 Å². The summed E-state index contributed by atoms with van der Waals surface area (Å²) in [5.41, 5.74) is 2.14. The second-order valence-electron chi connectivity index (χ2n) is 6.13. The highest BCUT2D eigenvalue weighted by Crippen LogP contribution is 2.27. The Labute approximate surface area is 152 Å². The van der Waals surface area contributed by atoms with Gasteiger partial charge in [-0.15, -0.1) is 0 Å².